The largest absolute Gasteiger partial charge is 0.497 e. The first-order valence-corrected chi connectivity index (χ1v) is 12.5. The number of halogens is 1. The second-order valence-corrected chi connectivity index (χ2v) is 9.09. The summed E-state index contributed by atoms with van der Waals surface area (Å²) in [4.78, 5) is 12.5. The Morgan fingerprint density at radius 1 is 0.892 bits per heavy atom. The van der Waals surface area contributed by atoms with Gasteiger partial charge < -0.3 is 10.1 Å². The molecule has 184 valence electrons. The number of ether oxygens (including phenoxy) is 1. The molecule has 1 heterocycles. The van der Waals surface area contributed by atoms with Crippen LogP contribution in [0.15, 0.2) is 108 Å². The van der Waals surface area contributed by atoms with Crippen LogP contribution in [0.1, 0.15) is 15.9 Å². The molecule has 0 aliphatic heterocycles. The predicted molar refractivity (Wildman–Crippen MR) is 144 cm³/mol. The van der Waals surface area contributed by atoms with Crippen molar-refractivity contribution in [1.82, 2.24) is 14.8 Å². The van der Waals surface area contributed by atoms with E-state index in [1.165, 1.54) is 24.3 Å². The van der Waals surface area contributed by atoms with Gasteiger partial charge in [-0.3, -0.25) is 9.36 Å². The number of hydrogen-bond donors (Lipinski definition) is 1. The molecule has 6 nitrogen and oxygen atoms in total. The lowest BCUT2D eigenvalue weighted by Gasteiger charge is -2.11. The molecule has 0 aliphatic carbocycles. The molecule has 0 fully saturated rings. The Labute approximate surface area is 218 Å². The molecule has 1 N–H and O–H groups in total. The summed E-state index contributed by atoms with van der Waals surface area (Å²) in [6.07, 6.45) is 0. The number of nitrogens with zero attached hydrogens (tertiary/aromatic N) is 3. The van der Waals surface area contributed by atoms with Crippen molar-refractivity contribution in [3.05, 3.63) is 120 Å². The maximum Gasteiger partial charge on any atom is 0.255 e. The Hall–Kier alpha value is -4.43. The second-order valence-electron chi connectivity index (χ2n) is 8.15. The highest BCUT2D eigenvalue weighted by Crippen LogP contribution is 2.30. The molecular weight excluding hydrogens is 487 g/mol. The van der Waals surface area contributed by atoms with Crippen molar-refractivity contribution < 1.29 is 13.9 Å². The third-order valence-electron chi connectivity index (χ3n) is 5.68. The highest BCUT2D eigenvalue weighted by atomic mass is 32.2. The van der Waals surface area contributed by atoms with Crippen LogP contribution in [0.25, 0.3) is 17.1 Å². The van der Waals surface area contributed by atoms with Crippen LogP contribution >= 0.6 is 11.8 Å². The van der Waals surface area contributed by atoms with Crippen molar-refractivity contribution in [3.8, 4) is 22.8 Å². The highest BCUT2D eigenvalue weighted by Gasteiger charge is 2.16. The van der Waals surface area contributed by atoms with Crippen molar-refractivity contribution in [1.29, 1.82) is 0 Å². The molecule has 0 atom stereocenters. The number of benzene rings is 4. The average molecular weight is 511 g/mol. The first-order chi connectivity index (χ1) is 18.1. The SMILES string of the molecule is COc1ccc(-n2c(SCc3ccc(C(=O)Nc4ccc(F)cc4)cc3)nnc2-c2ccccc2)cc1. The number of carbonyl (C=O) groups excluding carboxylic acids is 1. The van der Waals surface area contributed by atoms with E-state index >= 15 is 0 Å². The molecule has 0 saturated carbocycles. The zero-order valence-electron chi connectivity index (χ0n) is 20.0. The van der Waals surface area contributed by atoms with Crippen molar-refractivity contribution in [2.75, 3.05) is 12.4 Å². The molecule has 4 aromatic carbocycles. The molecule has 0 aliphatic rings. The summed E-state index contributed by atoms with van der Waals surface area (Å²) in [6.45, 7) is 0. The molecule has 0 unspecified atom stereocenters. The van der Waals surface area contributed by atoms with E-state index in [4.69, 9.17) is 4.74 Å². The van der Waals surface area contributed by atoms with Crippen LogP contribution in [0.2, 0.25) is 0 Å². The third-order valence-corrected chi connectivity index (χ3v) is 6.68. The molecule has 8 heteroatoms. The van der Waals surface area contributed by atoms with Crippen LogP contribution in [0.4, 0.5) is 10.1 Å². The van der Waals surface area contributed by atoms with E-state index in [1.54, 1.807) is 31.0 Å². The summed E-state index contributed by atoms with van der Waals surface area (Å²) < 4.78 is 20.4. The van der Waals surface area contributed by atoms with Gasteiger partial charge in [-0.2, -0.15) is 0 Å². The summed E-state index contributed by atoms with van der Waals surface area (Å²) in [5, 5.41) is 12.5. The number of anilines is 1. The van der Waals surface area contributed by atoms with E-state index in [1.807, 2.05) is 71.3 Å². The van der Waals surface area contributed by atoms with Gasteiger partial charge in [-0.25, -0.2) is 4.39 Å². The molecule has 37 heavy (non-hydrogen) atoms. The molecule has 0 saturated heterocycles. The first-order valence-electron chi connectivity index (χ1n) is 11.5. The lowest BCUT2D eigenvalue weighted by molar-refractivity contribution is 0.102. The molecule has 0 radical (unpaired) electrons. The first kappa shape index (κ1) is 24.3. The summed E-state index contributed by atoms with van der Waals surface area (Å²) in [7, 11) is 1.64. The number of nitrogens with one attached hydrogen (secondary N) is 1. The Bertz CT molecular complexity index is 1490. The van der Waals surface area contributed by atoms with Gasteiger partial charge in [0, 0.05) is 28.3 Å². The number of rotatable bonds is 8. The van der Waals surface area contributed by atoms with E-state index in [0.717, 1.165) is 33.5 Å². The zero-order valence-corrected chi connectivity index (χ0v) is 20.8. The molecule has 0 bridgehead atoms. The minimum Gasteiger partial charge on any atom is -0.497 e. The maximum atomic E-state index is 13.1. The zero-order chi connectivity index (χ0) is 25.6. The van der Waals surface area contributed by atoms with Gasteiger partial charge in [-0.1, -0.05) is 54.2 Å². The third kappa shape index (κ3) is 5.70. The fourth-order valence-corrected chi connectivity index (χ4v) is 4.65. The summed E-state index contributed by atoms with van der Waals surface area (Å²) >= 11 is 1.56. The fourth-order valence-electron chi connectivity index (χ4n) is 3.74. The molecule has 0 spiro atoms. The number of amides is 1. The number of carbonyl (C=O) groups is 1. The van der Waals surface area contributed by atoms with Gasteiger partial charge in [0.25, 0.3) is 5.91 Å². The predicted octanol–water partition coefficient (Wildman–Crippen LogP) is 6.63. The molecular formula is C29H23FN4O2S. The van der Waals surface area contributed by atoms with Gasteiger partial charge in [0.05, 0.1) is 7.11 Å². The maximum absolute atomic E-state index is 13.1. The monoisotopic (exact) mass is 510 g/mol. The number of methoxy groups -OCH3 is 1. The Morgan fingerprint density at radius 3 is 2.27 bits per heavy atom. The van der Waals surface area contributed by atoms with Crippen molar-refractivity contribution in [2.24, 2.45) is 0 Å². The van der Waals surface area contributed by atoms with Crippen molar-refractivity contribution >= 4 is 23.4 Å². The molecule has 5 aromatic rings. The van der Waals surface area contributed by atoms with E-state index < -0.39 is 0 Å². The fraction of sp³-hybridized carbons (Fsp3) is 0.0690. The van der Waals surface area contributed by atoms with Gasteiger partial charge >= 0.3 is 0 Å². The highest BCUT2D eigenvalue weighted by molar-refractivity contribution is 7.98. The van der Waals surface area contributed by atoms with Crippen LogP contribution < -0.4 is 10.1 Å². The van der Waals surface area contributed by atoms with Gasteiger partial charge in [0.2, 0.25) is 0 Å². The average Bonchev–Trinajstić information content (AvgIpc) is 3.38. The summed E-state index contributed by atoms with van der Waals surface area (Å²) in [5.74, 6) is 1.57. The van der Waals surface area contributed by atoms with Gasteiger partial charge in [-0.05, 0) is 66.2 Å². The van der Waals surface area contributed by atoms with Crippen LogP contribution in [0.3, 0.4) is 0 Å². The standard InChI is InChI=1S/C29H23FN4O2S/c1-36-26-17-15-25(16-18-26)34-27(21-5-3-2-4-6-21)32-33-29(34)37-19-20-7-9-22(10-8-20)28(35)31-24-13-11-23(30)12-14-24/h2-18H,19H2,1H3,(H,31,35). The van der Waals surface area contributed by atoms with Crippen LogP contribution in [-0.4, -0.2) is 27.8 Å². The second kappa shape index (κ2) is 11.1. The van der Waals surface area contributed by atoms with E-state index in [2.05, 4.69) is 15.5 Å². The quantitative estimate of drug-likeness (QED) is 0.237. The van der Waals surface area contributed by atoms with Gasteiger partial charge in [-0.15, -0.1) is 10.2 Å². The van der Waals surface area contributed by atoms with Gasteiger partial charge in [0.15, 0.2) is 11.0 Å². The molecule has 5 rings (SSSR count). The van der Waals surface area contributed by atoms with Crippen LogP contribution in [-0.2, 0) is 5.75 Å². The Kier molecular flexibility index (Phi) is 7.28. The number of aromatic nitrogens is 3. The molecule has 1 amide bonds. The molecule has 1 aromatic heterocycles. The van der Waals surface area contributed by atoms with Gasteiger partial charge in [0.1, 0.15) is 11.6 Å². The lowest BCUT2D eigenvalue weighted by atomic mass is 10.1. The lowest BCUT2D eigenvalue weighted by Crippen LogP contribution is -2.11. The summed E-state index contributed by atoms with van der Waals surface area (Å²) in [6, 6.07) is 30.8. The minimum absolute atomic E-state index is 0.252. The number of thioether (sulfide) groups is 1. The van der Waals surface area contributed by atoms with E-state index in [0.29, 0.717) is 17.0 Å². The van der Waals surface area contributed by atoms with Crippen molar-refractivity contribution in [2.45, 2.75) is 10.9 Å². The summed E-state index contributed by atoms with van der Waals surface area (Å²) in [5.41, 5.74) is 3.99. The van der Waals surface area contributed by atoms with Crippen LogP contribution in [0, 0.1) is 5.82 Å². The Morgan fingerprint density at radius 2 is 1.59 bits per heavy atom. The van der Waals surface area contributed by atoms with Crippen LogP contribution in [0.5, 0.6) is 5.75 Å². The van der Waals surface area contributed by atoms with E-state index in [-0.39, 0.29) is 11.7 Å². The van der Waals surface area contributed by atoms with E-state index in [9.17, 15) is 9.18 Å². The normalized spacial score (nSPS) is 10.8. The van der Waals surface area contributed by atoms with Crippen molar-refractivity contribution in [3.63, 3.8) is 0 Å². The smallest absolute Gasteiger partial charge is 0.255 e. The Balaban J connectivity index is 1.33. The topological polar surface area (TPSA) is 69.0 Å². The minimum atomic E-state index is -0.349. The number of hydrogen-bond acceptors (Lipinski definition) is 5.